The molecule has 0 saturated heterocycles. The van der Waals surface area contributed by atoms with E-state index in [1.165, 1.54) is 11.3 Å². The highest BCUT2D eigenvalue weighted by Gasteiger charge is 2.22. The summed E-state index contributed by atoms with van der Waals surface area (Å²) in [7, 11) is 0. The SMILES string of the molecule is CC(CC1=CC(n2cccc2)=CC1)C(C)(C)N. The number of nitrogens with two attached hydrogens (primary N) is 1. The summed E-state index contributed by atoms with van der Waals surface area (Å²) >= 11 is 0. The Labute approximate surface area is 104 Å². The van der Waals surface area contributed by atoms with Gasteiger partial charge in [0.15, 0.2) is 0 Å². The fourth-order valence-electron chi connectivity index (χ4n) is 2.05. The quantitative estimate of drug-likeness (QED) is 0.844. The van der Waals surface area contributed by atoms with E-state index >= 15 is 0 Å². The third-order valence-electron chi connectivity index (χ3n) is 3.67. The van der Waals surface area contributed by atoms with Crippen molar-refractivity contribution in [3.05, 3.63) is 42.3 Å². The molecule has 1 aliphatic carbocycles. The second-order valence-corrected chi connectivity index (χ2v) is 5.65. The van der Waals surface area contributed by atoms with Crippen LogP contribution in [0.5, 0.6) is 0 Å². The molecule has 2 rings (SSSR count). The predicted octanol–water partition coefficient (Wildman–Crippen LogP) is 3.42. The highest BCUT2D eigenvalue weighted by Crippen LogP contribution is 2.29. The van der Waals surface area contributed by atoms with Gasteiger partial charge in [-0.05, 0) is 50.8 Å². The Hall–Kier alpha value is -1.28. The Balaban J connectivity index is 2.01. The molecular weight excluding hydrogens is 208 g/mol. The van der Waals surface area contributed by atoms with Crippen LogP contribution in [0.2, 0.25) is 0 Å². The van der Waals surface area contributed by atoms with E-state index in [1.54, 1.807) is 0 Å². The van der Waals surface area contributed by atoms with Gasteiger partial charge in [-0.3, -0.25) is 0 Å². The molecule has 1 aliphatic rings. The summed E-state index contributed by atoms with van der Waals surface area (Å²) in [6, 6.07) is 4.11. The summed E-state index contributed by atoms with van der Waals surface area (Å²) < 4.78 is 2.16. The molecule has 17 heavy (non-hydrogen) atoms. The molecule has 1 aromatic heterocycles. The van der Waals surface area contributed by atoms with Crippen LogP contribution < -0.4 is 5.73 Å². The van der Waals surface area contributed by atoms with Crippen LogP contribution in [0.4, 0.5) is 0 Å². The van der Waals surface area contributed by atoms with Crippen molar-refractivity contribution in [2.45, 2.75) is 39.2 Å². The van der Waals surface area contributed by atoms with Crippen LogP contribution >= 0.6 is 0 Å². The maximum absolute atomic E-state index is 6.14. The van der Waals surface area contributed by atoms with Gasteiger partial charge in [0.05, 0.1) is 0 Å². The lowest BCUT2D eigenvalue weighted by atomic mass is 9.85. The Morgan fingerprint density at radius 2 is 2.00 bits per heavy atom. The fraction of sp³-hybridized carbons (Fsp3) is 0.467. The molecule has 0 spiro atoms. The first-order valence-corrected chi connectivity index (χ1v) is 6.28. The molecule has 0 aliphatic heterocycles. The Morgan fingerprint density at radius 1 is 1.35 bits per heavy atom. The predicted molar refractivity (Wildman–Crippen MR) is 73.5 cm³/mol. The number of nitrogens with zero attached hydrogens (tertiary/aromatic N) is 1. The van der Waals surface area contributed by atoms with Crippen LogP contribution in [0.25, 0.3) is 5.70 Å². The largest absolute Gasteiger partial charge is 0.325 e. The molecule has 0 fully saturated rings. The third kappa shape index (κ3) is 2.89. The number of hydrogen-bond donors (Lipinski definition) is 1. The minimum absolute atomic E-state index is 0.100. The van der Waals surface area contributed by atoms with E-state index in [0.717, 1.165) is 12.8 Å². The van der Waals surface area contributed by atoms with Gasteiger partial charge in [0.1, 0.15) is 0 Å². The van der Waals surface area contributed by atoms with Crippen molar-refractivity contribution in [1.29, 1.82) is 0 Å². The lowest BCUT2D eigenvalue weighted by molar-refractivity contribution is 0.343. The maximum Gasteiger partial charge on any atom is 0.0412 e. The van der Waals surface area contributed by atoms with Crippen molar-refractivity contribution in [3.63, 3.8) is 0 Å². The van der Waals surface area contributed by atoms with Gasteiger partial charge in [-0.1, -0.05) is 18.6 Å². The zero-order valence-electron chi connectivity index (χ0n) is 11.0. The van der Waals surface area contributed by atoms with E-state index in [4.69, 9.17) is 5.73 Å². The Morgan fingerprint density at radius 3 is 2.59 bits per heavy atom. The van der Waals surface area contributed by atoms with Crippen LogP contribution in [0.15, 0.2) is 42.3 Å². The molecule has 0 radical (unpaired) electrons. The summed E-state index contributed by atoms with van der Waals surface area (Å²) in [6.07, 6.45) is 10.9. The van der Waals surface area contributed by atoms with Crippen LogP contribution in [-0.4, -0.2) is 10.1 Å². The molecule has 1 atom stereocenters. The molecule has 2 nitrogen and oxygen atoms in total. The third-order valence-corrected chi connectivity index (χ3v) is 3.67. The maximum atomic E-state index is 6.14. The van der Waals surface area contributed by atoms with Gasteiger partial charge in [-0.15, -0.1) is 0 Å². The van der Waals surface area contributed by atoms with E-state index < -0.39 is 0 Å². The number of rotatable bonds is 4. The Kier molecular flexibility index (Phi) is 3.25. The van der Waals surface area contributed by atoms with Crippen molar-refractivity contribution in [3.8, 4) is 0 Å². The average molecular weight is 230 g/mol. The smallest absolute Gasteiger partial charge is 0.0412 e. The summed E-state index contributed by atoms with van der Waals surface area (Å²) in [5, 5.41) is 0. The summed E-state index contributed by atoms with van der Waals surface area (Å²) in [5.74, 6) is 0.506. The summed E-state index contributed by atoms with van der Waals surface area (Å²) in [5.41, 5.74) is 8.81. The molecule has 1 unspecified atom stereocenters. The van der Waals surface area contributed by atoms with Gasteiger partial charge >= 0.3 is 0 Å². The lowest BCUT2D eigenvalue weighted by Crippen LogP contribution is -2.39. The molecule has 92 valence electrons. The zero-order valence-corrected chi connectivity index (χ0v) is 11.0. The zero-order chi connectivity index (χ0) is 12.5. The van der Waals surface area contributed by atoms with Crippen molar-refractivity contribution >= 4 is 5.70 Å². The highest BCUT2D eigenvalue weighted by atomic mass is 14.9. The van der Waals surface area contributed by atoms with Gasteiger partial charge in [0, 0.05) is 23.6 Å². The topological polar surface area (TPSA) is 30.9 Å². The molecule has 1 aromatic rings. The van der Waals surface area contributed by atoms with Gasteiger partial charge in [-0.2, -0.15) is 0 Å². The fourth-order valence-corrected chi connectivity index (χ4v) is 2.05. The van der Waals surface area contributed by atoms with Crippen molar-refractivity contribution < 1.29 is 0 Å². The van der Waals surface area contributed by atoms with Crippen LogP contribution in [0, 0.1) is 5.92 Å². The van der Waals surface area contributed by atoms with Crippen LogP contribution in [0.3, 0.4) is 0 Å². The normalized spacial score (nSPS) is 17.9. The highest BCUT2D eigenvalue weighted by molar-refractivity contribution is 5.63. The van der Waals surface area contributed by atoms with Crippen LogP contribution in [0.1, 0.15) is 33.6 Å². The molecule has 0 aromatic carbocycles. The van der Waals surface area contributed by atoms with Gasteiger partial charge in [-0.25, -0.2) is 0 Å². The minimum atomic E-state index is -0.100. The van der Waals surface area contributed by atoms with Crippen molar-refractivity contribution in [2.24, 2.45) is 11.7 Å². The van der Waals surface area contributed by atoms with Gasteiger partial charge < -0.3 is 10.3 Å². The molecule has 0 amide bonds. The number of aromatic nitrogens is 1. The second-order valence-electron chi connectivity index (χ2n) is 5.65. The van der Waals surface area contributed by atoms with Gasteiger partial charge in [0.2, 0.25) is 0 Å². The summed E-state index contributed by atoms with van der Waals surface area (Å²) in [4.78, 5) is 0. The minimum Gasteiger partial charge on any atom is -0.325 e. The lowest BCUT2D eigenvalue weighted by Gasteiger charge is -2.27. The average Bonchev–Trinajstić information content (AvgIpc) is 2.83. The monoisotopic (exact) mass is 230 g/mol. The molecule has 2 heteroatoms. The number of allylic oxidation sites excluding steroid dienone is 4. The molecular formula is C15H22N2. The molecule has 0 saturated carbocycles. The first-order chi connectivity index (χ1) is 7.97. The number of hydrogen-bond acceptors (Lipinski definition) is 1. The molecule has 1 heterocycles. The van der Waals surface area contributed by atoms with Crippen LogP contribution in [-0.2, 0) is 0 Å². The van der Waals surface area contributed by atoms with Crippen molar-refractivity contribution in [2.75, 3.05) is 0 Å². The molecule has 2 N–H and O–H groups in total. The van der Waals surface area contributed by atoms with E-state index in [-0.39, 0.29) is 5.54 Å². The second kappa shape index (κ2) is 4.53. The first-order valence-electron chi connectivity index (χ1n) is 6.28. The standard InChI is InChI=1S/C15H22N2/c1-12(15(2,3)16)10-13-6-7-14(11-13)17-8-4-5-9-17/h4-5,7-9,11-12H,6,10,16H2,1-3H3. The van der Waals surface area contributed by atoms with Gasteiger partial charge in [0.25, 0.3) is 0 Å². The van der Waals surface area contributed by atoms with E-state index in [2.05, 4.69) is 62.0 Å². The van der Waals surface area contributed by atoms with E-state index in [1.807, 2.05) is 0 Å². The first kappa shape index (κ1) is 12.2. The van der Waals surface area contributed by atoms with E-state index in [9.17, 15) is 0 Å². The Bertz CT molecular complexity index is 430. The van der Waals surface area contributed by atoms with Crippen molar-refractivity contribution in [1.82, 2.24) is 4.57 Å². The molecule has 0 bridgehead atoms. The van der Waals surface area contributed by atoms with E-state index in [0.29, 0.717) is 5.92 Å². The summed E-state index contributed by atoms with van der Waals surface area (Å²) in [6.45, 7) is 6.44.